The second-order valence-electron chi connectivity index (χ2n) is 3.08. The summed E-state index contributed by atoms with van der Waals surface area (Å²) in [6.07, 6.45) is 3.28. The van der Waals surface area contributed by atoms with Gasteiger partial charge in [0.1, 0.15) is 5.54 Å². The van der Waals surface area contributed by atoms with E-state index in [9.17, 15) is 9.59 Å². The van der Waals surface area contributed by atoms with Gasteiger partial charge in [0.25, 0.3) is 0 Å². The summed E-state index contributed by atoms with van der Waals surface area (Å²) in [5, 5.41) is 1.71. The third-order valence-electron chi connectivity index (χ3n) is 2.10. The Morgan fingerprint density at radius 2 is 2.47 bits per heavy atom. The Kier molecular flexibility index (Phi) is 4.47. The topological polar surface area (TPSA) is 46.6 Å². The molecular weight excluding hydrogens is 238 g/mol. The summed E-state index contributed by atoms with van der Waals surface area (Å²) in [5.41, 5.74) is -0.872. The molecule has 1 rings (SSSR count). The Balaban J connectivity index is 2.80. The van der Waals surface area contributed by atoms with E-state index in [1.807, 2.05) is 6.92 Å². The van der Waals surface area contributed by atoms with E-state index < -0.39 is 11.6 Å². The van der Waals surface area contributed by atoms with Crippen molar-refractivity contribution in [3.8, 4) is 0 Å². The molecule has 1 aliphatic heterocycles. The smallest absolute Gasteiger partial charge is 0.422 e. The maximum absolute atomic E-state index is 11.5. The van der Waals surface area contributed by atoms with Crippen LogP contribution in [0.5, 0.6) is 0 Å². The van der Waals surface area contributed by atoms with Crippen molar-refractivity contribution in [3.05, 3.63) is 11.5 Å². The van der Waals surface area contributed by atoms with Crippen LogP contribution in [0.2, 0.25) is 0 Å². The number of rotatable bonds is 4. The first-order valence-corrected chi connectivity index (χ1v) is 5.91. The predicted molar refractivity (Wildman–Crippen MR) is 59.5 cm³/mol. The monoisotopic (exact) mass is 249 g/mol. The first-order valence-electron chi connectivity index (χ1n) is 4.54. The molecule has 0 radical (unpaired) electrons. The lowest BCUT2D eigenvalue weighted by Gasteiger charge is -2.30. The lowest BCUT2D eigenvalue weighted by molar-refractivity contribution is -0.113. The molecule has 0 aromatic heterocycles. The number of halogens is 1. The van der Waals surface area contributed by atoms with Crippen molar-refractivity contribution in [3.63, 3.8) is 0 Å². The molecule has 0 N–H and O–H groups in total. The molecule has 0 saturated heterocycles. The molecule has 0 spiro atoms. The molecule has 15 heavy (non-hydrogen) atoms. The number of alkyl halides is 1. The molecule has 0 saturated carbocycles. The highest BCUT2D eigenvalue weighted by molar-refractivity contribution is 8.00. The van der Waals surface area contributed by atoms with E-state index >= 15 is 0 Å². The van der Waals surface area contributed by atoms with Gasteiger partial charge in [-0.3, -0.25) is 0 Å². The summed E-state index contributed by atoms with van der Waals surface area (Å²) in [7, 11) is 0. The Bertz CT molecular complexity index is 285. The van der Waals surface area contributed by atoms with E-state index in [1.54, 1.807) is 11.5 Å². The van der Waals surface area contributed by atoms with Crippen molar-refractivity contribution in [2.24, 2.45) is 0 Å². The van der Waals surface area contributed by atoms with E-state index in [0.717, 1.165) is 24.7 Å². The average Bonchev–Trinajstić information content (AvgIpc) is 2.63. The minimum absolute atomic E-state index is 0.211. The van der Waals surface area contributed by atoms with Crippen LogP contribution in [0.3, 0.4) is 0 Å². The number of carbonyl (C=O) groups excluding carboxylic acids is 2. The zero-order valence-corrected chi connectivity index (χ0v) is 9.88. The molecular formula is C9H12ClNO3S. The van der Waals surface area contributed by atoms with Gasteiger partial charge < -0.3 is 9.53 Å². The highest BCUT2D eigenvalue weighted by Crippen LogP contribution is 2.36. The highest BCUT2D eigenvalue weighted by Gasteiger charge is 2.41. The van der Waals surface area contributed by atoms with E-state index in [4.69, 9.17) is 11.6 Å². The molecule has 0 fully saturated rings. The van der Waals surface area contributed by atoms with Gasteiger partial charge in [0.2, 0.25) is 0 Å². The van der Waals surface area contributed by atoms with Crippen LogP contribution in [-0.2, 0) is 9.53 Å². The van der Waals surface area contributed by atoms with Crippen molar-refractivity contribution in [1.82, 2.24) is 4.31 Å². The fourth-order valence-electron chi connectivity index (χ4n) is 1.42. The number of hydrogen-bond acceptors (Lipinski definition) is 4. The van der Waals surface area contributed by atoms with Gasteiger partial charge in [0.15, 0.2) is 12.4 Å². The van der Waals surface area contributed by atoms with Gasteiger partial charge >= 0.3 is 6.09 Å². The van der Waals surface area contributed by atoms with Gasteiger partial charge in [-0.15, -0.1) is 0 Å². The summed E-state index contributed by atoms with van der Waals surface area (Å²) < 4.78 is 5.97. The summed E-state index contributed by atoms with van der Waals surface area (Å²) in [5.74, 6) is 0. The number of aldehydes is 1. The van der Waals surface area contributed by atoms with Gasteiger partial charge in [-0.05, 0) is 29.9 Å². The molecule has 1 heterocycles. The average molecular weight is 250 g/mol. The van der Waals surface area contributed by atoms with Crippen molar-refractivity contribution >= 4 is 35.9 Å². The quantitative estimate of drug-likeness (QED) is 0.436. The second kappa shape index (κ2) is 5.42. The molecule has 1 aliphatic rings. The Morgan fingerprint density at radius 3 is 3.00 bits per heavy atom. The minimum Gasteiger partial charge on any atom is -0.432 e. The molecule has 84 valence electrons. The van der Waals surface area contributed by atoms with E-state index in [0.29, 0.717) is 6.42 Å². The molecule has 1 atom stereocenters. The van der Waals surface area contributed by atoms with Crippen molar-refractivity contribution in [2.75, 3.05) is 6.07 Å². The normalized spacial score (nSPS) is 24.3. The molecule has 0 bridgehead atoms. The van der Waals surface area contributed by atoms with Crippen LogP contribution in [-0.4, -0.2) is 28.3 Å². The van der Waals surface area contributed by atoms with Crippen LogP contribution in [0, 0.1) is 0 Å². The van der Waals surface area contributed by atoms with Crippen LogP contribution in [0.25, 0.3) is 0 Å². The molecule has 0 aliphatic carbocycles. The van der Waals surface area contributed by atoms with Crippen molar-refractivity contribution in [2.45, 2.75) is 25.3 Å². The number of ether oxygens (including phenoxy) is 1. The third-order valence-corrected chi connectivity index (χ3v) is 3.17. The standard InChI is InChI=1S/C9H12ClNO3S/c1-2-3-9(6-12)4-5-15-11(9)8(13)14-7-10/h4-6H,2-3,7H2,1H3. The fraction of sp³-hybridized carbons (Fsp3) is 0.556. The summed E-state index contributed by atoms with van der Waals surface area (Å²) >= 11 is 6.45. The van der Waals surface area contributed by atoms with Crippen LogP contribution >= 0.6 is 23.5 Å². The van der Waals surface area contributed by atoms with Crippen molar-refractivity contribution in [1.29, 1.82) is 0 Å². The highest BCUT2D eigenvalue weighted by atomic mass is 35.5. The van der Waals surface area contributed by atoms with E-state index in [1.165, 1.54) is 4.31 Å². The first kappa shape index (κ1) is 12.4. The zero-order valence-electron chi connectivity index (χ0n) is 8.31. The van der Waals surface area contributed by atoms with E-state index in [2.05, 4.69) is 4.74 Å². The molecule has 0 aromatic rings. The number of hydrogen-bond donors (Lipinski definition) is 0. The Hall–Kier alpha value is -0.680. The Labute approximate surface area is 97.7 Å². The molecule has 6 heteroatoms. The first-order chi connectivity index (χ1) is 7.20. The maximum atomic E-state index is 11.5. The van der Waals surface area contributed by atoms with Crippen LogP contribution in [0.1, 0.15) is 19.8 Å². The zero-order chi connectivity index (χ0) is 11.3. The number of amides is 1. The summed E-state index contributed by atoms with van der Waals surface area (Å²) in [6.45, 7) is 1.95. The SMILES string of the molecule is CCCC1(C=O)C=CSN1C(=O)OCCl. The predicted octanol–water partition coefficient (Wildman–Crippen LogP) is 2.53. The van der Waals surface area contributed by atoms with Crippen LogP contribution in [0.4, 0.5) is 4.79 Å². The summed E-state index contributed by atoms with van der Waals surface area (Å²) in [6, 6.07) is -0.211. The number of carbonyl (C=O) groups is 2. The lowest BCUT2D eigenvalue weighted by atomic mass is 9.96. The van der Waals surface area contributed by atoms with Gasteiger partial charge in [-0.1, -0.05) is 24.9 Å². The largest absolute Gasteiger partial charge is 0.432 e. The minimum atomic E-state index is -0.872. The van der Waals surface area contributed by atoms with Crippen molar-refractivity contribution < 1.29 is 14.3 Å². The molecule has 0 aromatic carbocycles. The molecule has 1 amide bonds. The fourth-order valence-corrected chi connectivity index (χ4v) is 2.47. The lowest BCUT2D eigenvalue weighted by Crippen LogP contribution is -2.45. The third kappa shape index (κ3) is 2.46. The molecule has 1 unspecified atom stereocenters. The molecule has 4 nitrogen and oxygen atoms in total. The maximum Gasteiger partial charge on any atom is 0.422 e. The van der Waals surface area contributed by atoms with Gasteiger partial charge in [-0.25, -0.2) is 9.10 Å². The number of nitrogens with zero attached hydrogens (tertiary/aromatic N) is 1. The van der Waals surface area contributed by atoms with Crippen LogP contribution in [0.15, 0.2) is 11.5 Å². The summed E-state index contributed by atoms with van der Waals surface area (Å²) in [4.78, 5) is 22.6. The second-order valence-corrected chi connectivity index (χ2v) is 4.15. The van der Waals surface area contributed by atoms with Crippen LogP contribution < -0.4 is 0 Å². The van der Waals surface area contributed by atoms with Gasteiger partial charge in [-0.2, -0.15) is 0 Å². The Morgan fingerprint density at radius 1 is 1.73 bits per heavy atom. The van der Waals surface area contributed by atoms with Gasteiger partial charge in [0, 0.05) is 0 Å². The van der Waals surface area contributed by atoms with E-state index in [-0.39, 0.29) is 6.07 Å². The van der Waals surface area contributed by atoms with Gasteiger partial charge in [0.05, 0.1) is 0 Å².